The van der Waals surface area contributed by atoms with E-state index in [0.29, 0.717) is 0 Å². The summed E-state index contributed by atoms with van der Waals surface area (Å²) in [4.78, 5) is 24.6. The minimum atomic E-state index is -0.963. The molecule has 116 valence electrons. The summed E-state index contributed by atoms with van der Waals surface area (Å²) < 4.78 is 0. The van der Waals surface area contributed by atoms with Crippen LogP contribution in [0.4, 0.5) is 4.79 Å². The van der Waals surface area contributed by atoms with E-state index >= 15 is 0 Å². The number of carboxylic acid groups (broad SMARTS) is 1. The molecule has 1 aliphatic rings. The molecule has 0 saturated heterocycles. The molecule has 5 heteroatoms. The Morgan fingerprint density at radius 3 is 2.30 bits per heavy atom. The van der Waals surface area contributed by atoms with Crippen molar-refractivity contribution in [1.29, 1.82) is 0 Å². The largest absolute Gasteiger partial charge is 0.480 e. The van der Waals surface area contributed by atoms with Crippen LogP contribution in [0.2, 0.25) is 0 Å². The van der Waals surface area contributed by atoms with Gasteiger partial charge < -0.3 is 15.3 Å². The first-order chi connectivity index (χ1) is 9.47. The first-order valence-corrected chi connectivity index (χ1v) is 7.76. The molecular weight excluding hydrogens is 256 g/mol. The average Bonchev–Trinajstić information content (AvgIpc) is 2.44. The van der Waals surface area contributed by atoms with Gasteiger partial charge in [0, 0.05) is 12.1 Å². The Hall–Kier alpha value is -1.26. The van der Waals surface area contributed by atoms with Gasteiger partial charge >= 0.3 is 12.0 Å². The van der Waals surface area contributed by atoms with Crippen LogP contribution in [0, 0.1) is 5.92 Å². The highest BCUT2D eigenvalue weighted by molar-refractivity contribution is 5.80. The topological polar surface area (TPSA) is 69.6 Å². The molecule has 0 aliphatic heterocycles. The van der Waals surface area contributed by atoms with Crippen LogP contribution in [0.3, 0.4) is 0 Å². The highest BCUT2D eigenvalue weighted by Gasteiger charge is 2.26. The van der Waals surface area contributed by atoms with Gasteiger partial charge in [0.15, 0.2) is 0 Å². The first kappa shape index (κ1) is 16.8. The lowest BCUT2D eigenvalue weighted by atomic mass is 9.84. The maximum atomic E-state index is 12.2. The smallest absolute Gasteiger partial charge is 0.323 e. The number of carbonyl (C=O) groups excluding carboxylic acids is 1. The minimum Gasteiger partial charge on any atom is -0.480 e. The zero-order valence-electron chi connectivity index (χ0n) is 12.9. The fourth-order valence-corrected chi connectivity index (χ4v) is 2.77. The maximum Gasteiger partial charge on any atom is 0.323 e. The number of nitrogens with zero attached hydrogens (tertiary/aromatic N) is 1. The molecule has 1 atom stereocenters. The van der Waals surface area contributed by atoms with Crippen molar-refractivity contribution in [2.45, 2.75) is 71.4 Å². The number of nitrogens with one attached hydrogen (secondary N) is 1. The van der Waals surface area contributed by atoms with Crippen molar-refractivity contribution >= 4 is 12.0 Å². The van der Waals surface area contributed by atoms with E-state index in [2.05, 4.69) is 12.2 Å². The van der Waals surface area contributed by atoms with Gasteiger partial charge in [0.2, 0.25) is 0 Å². The van der Waals surface area contributed by atoms with Crippen molar-refractivity contribution in [2.75, 3.05) is 6.54 Å². The molecule has 5 nitrogen and oxygen atoms in total. The van der Waals surface area contributed by atoms with E-state index in [1.54, 1.807) is 0 Å². The van der Waals surface area contributed by atoms with Crippen molar-refractivity contribution in [3.8, 4) is 0 Å². The van der Waals surface area contributed by atoms with Crippen LogP contribution in [0.15, 0.2) is 0 Å². The van der Waals surface area contributed by atoms with Crippen LogP contribution in [0.1, 0.15) is 59.3 Å². The molecular formula is C15H28N2O3. The normalized spacial score (nSPS) is 23.9. The van der Waals surface area contributed by atoms with Crippen molar-refractivity contribution in [1.82, 2.24) is 10.2 Å². The van der Waals surface area contributed by atoms with Gasteiger partial charge in [0.25, 0.3) is 0 Å². The summed E-state index contributed by atoms with van der Waals surface area (Å²) in [6.07, 6.45) is 6.28. The molecule has 1 saturated carbocycles. The second-order valence-electron chi connectivity index (χ2n) is 5.85. The lowest BCUT2D eigenvalue weighted by Crippen LogP contribution is -2.50. The van der Waals surface area contributed by atoms with Gasteiger partial charge in [-0.25, -0.2) is 4.79 Å². The molecule has 0 aromatic carbocycles. The Kier molecular flexibility index (Phi) is 6.82. The monoisotopic (exact) mass is 284 g/mol. The zero-order valence-corrected chi connectivity index (χ0v) is 12.9. The lowest BCUT2D eigenvalue weighted by Gasteiger charge is -2.32. The van der Waals surface area contributed by atoms with E-state index in [1.165, 1.54) is 11.3 Å². The number of carbonyl (C=O) groups is 2. The third-order valence-corrected chi connectivity index (χ3v) is 4.44. The van der Waals surface area contributed by atoms with Gasteiger partial charge in [0.05, 0.1) is 0 Å². The maximum absolute atomic E-state index is 12.2. The predicted octanol–water partition coefficient (Wildman–Crippen LogP) is 2.85. The Morgan fingerprint density at radius 1 is 1.25 bits per heavy atom. The summed E-state index contributed by atoms with van der Waals surface area (Å²) in [7, 11) is 0. The fourth-order valence-electron chi connectivity index (χ4n) is 2.77. The molecule has 0 aromatic rings. The highest BCUT2D eigenvalue weighted by atomic mass is 16.4. The Labute approximate surface area is 121 Å². The van der Waals surface area contributed by atoms with E-state index in [9.17, 15) is 9.59 Å². The number of hydrogen-bond donors (Lipinski definition) is 2. The summed E-state index contributed by atoms with van der Waals surface area (Å²) in [5.74, 6) is -0.178. The Bertz CT molecular complexity index is 325. The van der Waals surface area contributed by atoms with Crippen molar-refractivity contribution in [2.24, 2.45) is 5.92 Å². The second-order valence-corrected chi connectivity index (χ2v) is 5.85. The molecule has 2 amide bonds. The Balaban J connectivity index is 2.51. The first-order valence-electron chi connectivity index (χ1n) is 7.76. The molecule has 0 aromatic heterocycles. The van der Waals surface area contributed by atoms with Gasteiger partial charge in [-0.15, -0.1) is 0 Å². The number of urea groups is 1. The van der Waals surface area contributed by atoms with Crippen LogP contribution in [0.25, 0.3) is 0 Å². The quantitative estimate of drug-likeness (QED) is 0.788. The molecule has 0 radical (unpaired) electrons. The van der Waals surface area contributed by atoms with Gasteiger partial charge in [-0.3, -0.25) is 4.79 Å². The number of aliphatic carboxylic acids is 1. The summed E-state index contributed by atoms with van der Waals surface area (Å²) in [6.45, 7) is 5.82. The predicted molar refractivity (Wildman–Crippen MR) is 78.7 cm³/mol. The van der Waals surface area contributed by atoms with Gasteiger partial charge in [-0.05, 0) is 44.9 Å². The Morgan fingerprint density at radius 2 is 1.85 bits per heavy atom. The van der Waals surface area contributed by atoms with E-state index in [-0.39, 0.29) is 24.7 Å². The third-order valence-electron chi connectivity index (χ3n) is 4.44. The number of amides is 2. The van der Waals surface area contributed by atoms with E-state index in [4.69, 9.17) is 5.11 Å². The van der Waals surface area contributed by atoms with E-state index in [1.807, 2.05) is 13.8 Å². The summed E-state index contributed by atoms with van der Waals surface area (Å²) in [5.41, 5.74) is 0. The van der Waals surface area contributed by atoms with E-state index in [0.717, 1.165) is 38.0 Å². The van der Waals surface area contributed by atoms with Crippen LogP contribution in [-0.4, -0.2) is 40.6 Å². The lowest BCUT2D eigenvalue weighted by molar-refractivity contribution is -0.138. The number of rotatable bonds is 6. The summed E-state index contributed by atoms with van der Waals surface area (Å²) in [5, 5.41) is 11.9. The van der Waals surface area contributed by atoms with Crippen LogP contribution < -0.4 is 5.32 Å². The van der Waals surface area contributed by atoms with Gasteiger partial charge in [-0.1, -0.05) is 20.3 Å². The molecule has 1 unspecified atom stereocenters. The van der Waals surface area contributed by atoms with Crippen LogP contribution in [0.5, 0.6) is 0 Å². The molecule has 2 N–H and O–H groups in total. The van der Waals surface area contributed by atoms with Gasteiger partial charge in [0.1, 0.15) is 6.54 Å². The van der Waals surface area contributed by atoms with Crippen LogP contribution >= 0.6 is 0 Å². The summed E-state index contributed by atoms with van der Waals surface area (Å²) >= 11 is 0. The van der Waals surface area contributed by atoms with Crippen molar-refractivity contribution in [3.63, 3.8) is 0 Å². The van der Waals surface area contributed by atoms with Gasteiger partial charge in [-0.2, -0.15) is 0 Å². The molecule has 1 rings (SSSR count). The number of hydrogen-bond acceptors (Lipinski definition) is 2. The average molecular weight is 284 g/mol. The molecule has 20 heavy (non-hydrogen) atoms. The number of carboxylic acids is 1. The zero-order chi connectivity index (χ0) is 15.1. The molecule has 1 fully saturated rings. The summed E-state index contributed by atoms with van der Waals surface area (Å²) in [6, 6.07) is -0.0922. The fraction of sp³-hybridized carbons (Fsp3) is 0.867. The molecule has 0 bridgehead atoms. The molecule has 1 aliphatic carbocycles. The molecule has 0 spiro atoms. The SMILES string of the molecule is CCC1CCC(NC(=O)N(CC(=O)O)C(C)CC)CC1. The highest BCUT2D eigenvalue weighted by Crippen LogP contribution is 2.26. The standard InChI is InChI=1S/C15H28N2O3/c1-4-11(3)17(10-14(18)19)15(20)16-13-8-6-12(5-2)7-9-13/h11-13H,4-10H2,1-3H3,(H,16,20)(H,18,19). The van der Waals surface area contributed by atoms with E-state index < -0.39 is 5.97 Å². The second kappa shape index (κ2) is 8.12. The van der Waals surface area contributed by atoms with Crippen molar-refractivity contribution < 1.29 is 14.7 Å². The molecule has 0 heterocycles. The third kappa shape index (κ3) is 5.02. The van der Waals surface area contributed by atoms with Crippen molar-refractivity contribution in [3.05, 3.63) is 0 Å². The minimum absolute atomic E-state index is 0.0573. The van der Waals surface area contributed by atoms with Crippen LogP contribution in [-0.2, 0) is 4.79 Å².